The Morgan fingerprint density at radius 2 is 1.86 bits per heavy atom. The predicted octanol–water partition coefficient (Wildman–Crippen LogP) is 3.51. The summed E-state index contributed by atoms with van der Waals surface area (Å²) in [7, 11) is 3.79. The predicted molar refractivity (Wildman–Crippen MR) is 86.0 cm³/mol. The van der Waals surface area contributed by atoms with Gasteiger partial charge in [-0.2, -0.15) is 0 Å². The van der Waals surface area contributed by atoms with Crippen LogP contribution in [0.4, 0.5) is 0 Å². The van der Waals surface area contributed by atoms with Crippen LogP contribution < -0.4 is 9.47 Å². The molecule has 0 saturated heterocycles. The lowest BCUT2D eigenvalue weighted by molar-refractivity contribution is 0.232. The normalized spacial score (nSPS) is 10.7. The van der Waals surface area contributed by atoms with Gasteiger partial charge in [0.2, 0.25) is 0 Å². The lowest BCUT2D eigenvalue weighted by Gasteiger charge is -2.18. The summed E-state index contributed by atoms with van der Waals surface area (Å²) in [5.74, 6) is 1.87. The second-order valence-electron chi connectivity index (χ2n) is 5.20. The summed E-state index contributed by atoms with van der Waals surface area (Å²) < 4.78 is 11.1. The van der Waals surface area contributed by atoms with Gasteiger partial charge in [-0.25, -0.2) is 0 Å². The highest BCUT2D eigenvalue weighted by atomic mass is 16.5. The van der Waals surface area contributed by atoms with Gasteiger partial charge in [0.25, 0.3) is 0 Å². The number of ether oxygens (including phenoxy) is 2. The lowest BCUT2D eigenvalue weighted by atomic mass is 10.2. The van der Waals surface area contributed by atoms with Crippen molar-refractivity contribution in [1.29, 1.82) is 0 Å². The number of para-hydroxylation sites is 1. The molecule has 2 rings (SSSR count). The number of hydrogen-bond acceptors (Lipinski definition) is 3. The van der Waals surface area contributed by atoms with Crippen molar-refractivity contribution in [2.45, 2.75) is 13.5 Å². The molecule has 0 fully saturated rings. The topological polar surface area (TPSA) is 21.7 Å². The molecule has 0 aliphatic carbocycles. The maximum absolute atomic E-state index is 5.82. The fraction of sp³-hybridized carbons (Fsp3) is 0.333. The molecule has 0 spiro atoms. The van der Waals surface area contributed by atoms with E-state index in [1.54, 1.807) is 7.11 Å². The summed E-state index contributed by atoms with van der Waals surface area (Å²) >= 11 is 0. The molecule has 2 aromatic carbocycles. The van der Waals surface area contributed by atoms with Crippen molar-refractivity contribution in [2.75, 3.05) is 27.3 Å². The van der Waals surface area contributed by atoms with Crippen LogP contribution in [-0.2, 0) is 6.54 Å². The number of nitrogens with zero attached hydrogens (tertiary/aromatic N) is 1. The van der Waals surface area contributed by atoms with E-state index in [2.05, 4.69) is 37.1 Å². The van der Waals surface area contributed by atoms with E-state index in [-0.39, 0.29) is 0 Å². The second-order valence-corrected chi connectivity index (χ2v) is 5.20. The van der Waals surface area contributed by atoms with Gasteiger partial charge < -0.3 is 9.47 Å². The number of hydrogen-bond donors (Lipinski definition) is 0. The molecule has 0 saturated carbocycles. The molecule has 3 heteroatoms. The minimum atomic E-state index is 0.686. The molecule has 0 unspecified atom stereocenters. The largest absolute Gasteiger partial charge is 0.497 e. The van der Waals surface area contributed by atoms with Gasteiger partial charge in [-0.1, -0.05) is 30.3 Å². The highest BCUT2D eigenvalue weighted by molar-refractivity contribution is 5.31. The van der Waals surface area contributed by atoms with Crippen LogP contribution in [0, 0.1) is 6.92 Å². The van der Waals surface area contributed by atoms with Gasteiger partial charge in [0, 0.05) is 13.1 Å². The van der Waals surface area contributed by atoms with Crippen LogP contribution in [-0.4, -0.2) is 32.2 Å². The summed E-state index contributed by atoms with van der Waals surface area (Å²) in [6.45, 7) is 4.51. The van der Waals surface area contributed by atoms with E-state index in [1.807, 2.05) is 30.3 Å². The zero-order valence-electron chi connectivity index (χ0n) is 13.0. The third-order valence-corrected chi connectivity index (χ3v) is 3.41. The summed E-state index contributed by atoms with van der Waals surface area (Å²) in [6.07, 6.45) is 0. The maximum atomic E-state index is 5.82. The van der Waals surface area contributed by atoms with Crippen LogP contribution in [0.5, 0.6) is 11.5 Å². The minimum Gasteiger partial charge on any atom is -0.497 e. The van der Waals surface area contributed by atoms with E-state index >= 15 is 0 Å². The van der Waals surface area contributed by atoms with E-state index < -0.39 is 0 Å². The molecule has 0 radical (unpaired) electrons. The molecular formula is C18H23NO2. The number of methoxy groups -OCH3 is 1. The summed E-state index contributed by atoms with van der Waals surface area (Å²) in [4.78, 5) is 2.24. The third kappa shape index (κ3) is 4.80. The van der Waals surface area contributed by atoms with Gasteiger partial charge in [0.05, 0.1) is 7.11 Å². The number of rotatable bonds is 7. The van der Waals surface area contributed by atoms with Gasteiger partial charge in [-0.05, 0) is 43.3 Å². The molecule has 0 amide bonds. The maximum Gasteiger partial charge on any atom is 0.122 e. The van der Waals surface area contributed by atoms with Crippen molar-refractivity contribution in [3.05, 3.63) is 59.7 Å². The zero-order chi connectivity index (χ0) is 15.1. The summed E-state index contributed by atoms with van der Waals surface area (Å²) in [5.41, 5.74) is 2.42. The minimum absolute atomic E-state index is 0.686. The molecule has 2 aromatic rings. The van der Waals surface area contributed by atoms with E-state index in [0.29, 0.717) is 6.61 Å². The van der Waals surface area contributed by atoms with Gasteiger partial charge in [0.15, 0.2) is 0 Å². The molecule has 0 atom stereocenters. The smallest absolute Gasteiger partial charge is 0.122 e. The first kappa shape index (κ1) is 15.4. The first-order valence-electron chi connectivity index (χ1n) is 7.19. The van der Waals surface area contributed by atoms with Crippen molar-refractivity contribution in [2.24, 2.45) is 0 Å². The van der Waals surface area contributed by atoms with E-state index in [1.165, 1.54) is 11.1 Å². The molecular weight excluding hydrogens is 262 g/mol. The van der Waals surface area contributed by atoms with Gasteiger partial charge in [-0.3, -0.25) is 4.90 Å². The Kier molecular flexibility index (Phi) is 5.64. The Morgan fingerprint density at radius 1 is 1.05 bits per heavy atom. The first-order valence-corrected chi connectivity index (χ1v) is 7.19. The van der Waals surface area contributed by atoms with Crippen LogP contribution in [0.3, 0.4) is 0 Å². The SMILES string of the molecule is COc1cccc(CN(C)CCOc2ccccc2C)c1. The van der Waals surface area contributed by atoms with Crippen molar-refractivity contribution < 1.29 is 9.47 Å². The Morgan fingerprint density at radius 3 is 2.62 bits per heavy atom. The lowest BCUT2D eigenvalue weighted by Crippen LogP contribution is -2.24. The average Bonchev–Trinajstić information content (AvgIpc) is 2.49. The Labute approximate surface area is 127 Å². The van der Waals surface area contributed by atoms with E-state index in [4.69, 9.17) is 9.47 Å². The second kappa shape index (κ2) is 7.70. The van der Waals surface area contributed by atoms with Crippen molar-refractivity contribution >= 4 is 0 Å². The molecule has 0 aromatic heterocycles. The molecule has 0 N–H and O–H groups in total. The van der Waals surface area contributed by atoms with Gasteiger partial charge >= 0.3 is 0 Å². The van der Waals surface area contributed by atoms with Crippen molar-refractivity contribution in [3.63, 3.8) is 0 Å². The molecule has 0 heterocycles. The van der Waals surface area contributed by atoms with Crippen molar-refractivity contribution in [3.8, 4) is 11.5 Å². The van der Waals surface area contributed by atoms with Gasteiger partial charge in [0.1, 0.15) is 18.1 Å². The standard InChI is InChI=1S/C18H23NO2/c1-15-7-4-5-10-18(15)21-12-11-19(2)14-16-8-6-9-17(13-16)20-3/h4-10,13H,11-12,14H2,1-3H3. The summed E-state index contributed by atoms with van der Waals surface area (Å²) in [5, 5.41) is 0. The molecule has 112 valence electrons. The van der Waals surface area contributed by atoms with Crippen LogP contribution in [0.25, 0.3) is 0 Å². The average molecular weight is 285 g/mol. The van der Waals surface area contributed by atoms with Crippen LogP contribution >= 0.6 is 0 Å². The third-order valence-electron chi connectivity index (χ3n) is 3.41. The van der Waals surface area contributed by atoms with Crippen molar-refractivity contribution in [1.82, 2.24) is 4.90 Å². The van der Waals surface area contributed by atoms with Crippen LogP contribution in [0.1, 0.15) is 11.1 Å². The number of aryl methyl sites for hydroxylation is 1. The van der Waals surface area contributed by atoms with Crippen LogP contribution in [0.2, 0.25) is 0 Å². The fourth-order valence-electron chi connectivity index (χ4n) is 2.19. The zero-order valence-corrected chi connectivity index (χ0v) is 13.0. The first-order chi connectivity index (χ1) is 10.2. The Balaban J connectivity index is 1.79. The molecule has 0 aliphatic rings. The van der Waals surface area contributed by atoms with Crippen LogP contribution in [0.15, 0.2) is 48.5 Å². The highest BCUT2D eigenvalue weighted by Gasteiger charge is 2.03. The summed E-state index contributed by atoms with van der Waals surface area (Å²) in [6, 6.07) is 16.3. The molecule has 0 aliphatic heterocycles. The van der Waals surface area contributed by atoms with E-state index in [9.17, 15) is 0 Å². The van der Waals surface area contributed by atoms with Gasteiger partial charge in [-0.15, -0.1) is 0 Å². The molecule has 21 heavy (non-hydrogen) atoms. The number of likely N-dealkylation sites (N-methyl/N-ethyl adjacent to an activating group) is 1. The fourth-order valence-corrected chi connectivity index (χ4v) is 2.19. The molecule has 0 bridgehead atoms. The monoisotopic (exact) mass is 285 g/mol. The number of benzene rings is 2. The Hall–Kier alpha value is -2.00. The molecule has 3 nitrogen and oxygen atoms in total. The Bertz CT molecular complexity index is 569. The van der Waals surface area contributed by atoms with E-state index in [0.717, 1.165) is 24.6 Å². The highest BCUT2D eigenvalue weighted by Crippen LogP contribution is 2.16. The quantitative estimate of drug-likeness (QED) is 0.777.